The first-order valence-electron chi connectivity index (χ1n) is 9.70. The van der Waals surface area contributed by atoms with E-state index < -0.39 is 23.5 Å². The highest BCUT2D eigenvalue weighted by Gasteiger charge is 2.44. The van der Waals surface area contributed by atoms with Crippen LogP contribution < -0.4 is 14.7 Å². The van der Waals surface area contributed by atoms with Crippen molar-refractivity contribution in [2.45, 2.75) is 13.0 Å². The zero-order valence-corrected chi connectivity index (χ0v) is 18.2. The van der Waals surface area contributed by atoms with Crippen LogP contribution >= 0.6 is 11.6 Å². The number of Topliss-reactive ketones (excluding diaryl/α,β-unsaturated/α-hetero) is 1. The standard InChI is InChI=1S/C23H25ClN2O4/c1-14-13-17(30-4)9-10-18(14)21(27)19-20(15-5-7-16(24)8-6-15)26(12-11-25(2)3)23(29)22(19)28/h5-10,13,20,27H,11-12H2,1-4H3. The number of methoxy groups -OCH3 is 1. The minimum Gasteiger partial charge on any atom is -0.872 e. The van der Waals surface area contributed by atoms with Crippen molar-refractivity contribution < 1.29 is 24.3 Å². The first-order chi connectivity index (χ1) is 14.2. The van der Waals surface area contributed by atoms with Crippen LogP contribution in [0.25, 0.3) is 5.76 Å². The molecule has 0 spiro atoms. The number of nitrogens with zero attached hydrogens (tertiary/aromatic N) is 1. The van der Waals surface area contributed by atoms with Gasteiger partial charge < -0.3 is 19.6 Å². The van der Waals surface area contributed by atoms with Crippen LogP contribution in [0.4, 0.5) is 0 Å². The summed E-state index contributed by atoms with van der Waals surface area (Å²) in [5.41, 5.74) is 1.72. The average molecular weight is 429 g/mol. The van der Waals surface area contributed by atoms with E-state index in [4.69, 9.17) is 16.3 Å². The molecule has 0 aliphatic carbocycles. The number of carbonyl (C=O) groups is 2. The molecule has 1 unspecified atom stereocenters. The van der Waals surface area contributed by atoms with Crippen LogP contribution in [0.1, 0.15) is 22.7 Å². The molecule has 158 valence electrons. The SMILES string of the molecule is COc1ccc(C([O-])=C2C(=O)C(=O)N(CC[NH+](C)C)C2c2ccc(Cl)cc2)c(C)c1. The summed E-state index contributed by atoms with van der Waals surface area (Å²) < 4.78 is 5.20. The molecule has 1 amide bonds. The van der Waals surface area contributed by atoms with Gasteiger partial charge in [-0.05, 0) is 47.9 Å². The van der Waals surface area contributed by atoms with E-state index in [2.05, 4.69) is 0 Å². The molecule has 1 atom stereocenters. The van der Waals surface area contributed by atoms with Gasteiger partial charge in [-0.1, -0.05) is 35.6 Å². The minimum atomic E-state index is -0.746. The van der Waals surface area contributed by atoms with Crippen LogP contribution in [0.15, 0.2) is 48.0 Å². The highest BCUT2D eigenvalue weighted by atomic mass is 35.5. The van der Waals surface area contributed by atoms with Gasteiger partial charge in [0, 0.05) is 10.6 Å². The molecule has 0 bridgehead atoms. The molecule has 0 aromatic heterocycles. The third-order valence-electron chi connectivity index (χ3n) is 5.25. The topological polar surface area (TPSA) is 74.1 Å². The summed E-state index contributed by atoms with van der Waals surface area (Å²) >= 11 is 6.02. The normalized spacial score (nSPS) is 18.3. The summed E-state index contributed by atoms with van der Waals surface area (Å²) in [5, 5.41) is 14.0. The summed E-state index contributed by atoms with van der Waals surface area (Å²) in [4.78, 5) is 28.4. The van der Waals surface area contributed by atoms with E-state index in [1.807, 2.05) is 14.1 Å². The molecule has 2 aromatic rings. The predicted molar refractivity (Wildman–Crippen MR) is 113 cm³/mol. The van der Waals surface area contributed by atoms with Gasteiger partial charge in [0.15, 0.2) is 0 Å². The van der Waals surface area contributed by atoms with E-state index in [0.717, 1.165) is 4.90 Å². The largest absolute Gasteiger partial charge is 0.872 e. The number of nitrogens with one attached hydrogen (secondary N) is 1. The van der Waals surface area contributed by atoms with Crippen molar-refractivity contribution in [3.63, 3.8) is 0 Å². The van der Waals surface area contributed by atoms with Crippen molar-refractivity contribution in [3.05, 3.63) is 69.8 Å². The van der Waals surface area contributed by atoms with Crippen LogP contribution in [-0.4, -0.2) is 50.9 Å². The van der Waals surface area contributed by atoms with Gasteiger partial charge in [-0.2, -0.15) is 0 Å². The summed E-state index contributed by atoms with van der Waals surface area (Å²) in [6.07, 6.45) is 0. The number of likely N-dealkylation sites (tertiary alicyclic amines) is 1. The summed E-state index contributed by atoms with van der Waals surface area (Å²) in [5.74, 6) is -1.21. The Hall–Kier alpha value is -2.83. The molecule has 30 heavy (non-hydrogen) atoms. The van der Waals surface area contributed by atoms with E-state index in [-0.39, 0.29) is 5.57 Å². The number of carbonyl (C=O) groups excluding carboxylic acids is 2. The van der Waals surface area contributed by atoms with Crippen LogP contribution in [0.5, 0.6) is 5.75 Å². The molecular formula is C23H25ClN2O4. The number of benzene rings is 2. The lowest BCUT2D eigenvalue weighted by Crippen LogP contribution is -3.06. The maximum Gasteiger partial charge on any atom is 0.295 e. The third-order valence-corrected chi connectivity index (χ3v) is 5.50. The van der Waals surface area contributed by atoms with Gasteiger partial charge in [0.05, 0.1) is 40.3 Å². The van der Waals surface area contributed by atoms with Crippen molar-refractivity contribution in [2.24, 2.45) is 0 Å². The van der Waals surface area contributed by atoms with Gasteiger partial charge in [0.2, 0.25) is 5.78 Å². The van der Waals surface area contributed by atoms with Crippen LogP contribution in [0.2, 0.25) is 5.02 Å². The van der Waals surface area contributed by atoms with Crippen molar-refractivity contribution in [1.82, 2.24) is 4.90 Å². The highest BCUT2D eigenvalue weighted by molar-refractivity contribution is 6.46. The number of quaternary nitrogens is 1. The lowest BCUT2D eigenvalue weighted by atomic mass is 9.94. The average Bonchev–Trinajstić information content (AvgIpc) is 2.96. The van der Waals surface area contributed by atoms with Crippen molar-refractivity contribution in [3.8, 4) is 5.75 Å². The molecule has 7 heteroatoms. The van der Waals surface area contributed by atoms with E-state index in [9.17, 15) is 14.7 Å². The van der Waals surface area contributed by atoms with E-state index in [1.54, 1.807) is 56.5 Å². The quantitative estimate of drug-likeness (QED) is 0.423. The Bertz CT molecular complexity index is 999. The number of halogens is 1. The number of ketones is 1. The number of amides is 1. The Labute approximate surface area is 181 Å². The zero-order chi connectivity index (χ0) is 22.0. The van der Waals surface area contributed by atoms with Gasteiger partial charge in [-0.3, -0.25) is 9.59 Å². The Morgan fingerprint density at radius 3 is 2.40 bits per heavy atom. The Morgan fingerprint density at radius 2 is 1.83 bits per heavy atom. The molecule has 1 saturated heterocycles. The molecule has 1 aliphatic heterocycles. The third kappa shape index (κ3) is 4.20. The fraction of sp³-hybridized carbons (Fsp3) is 0.304. The Kier molecular flexibility index (Phi) is 6.48. The smallest absolute Gasteiger partial charge is 0.295 e. The maximum atomic E-state index is 13.4. The summed E-state index contributed by atoms with van der Waals surface area (Å²) in [6, 6.07) is 11.2. The maximum absolute atomic E-state index is 13.4. The lowest BCUT2D eigenvalue weighted by Gasteiger charge is -2.28. The monoisotopic (exact) mass is 428 g/mol. The predicted octanol–water partition coefficient (Wildman–Crippen LogP) is 1.03. The first-order valence-corrected chi connectivity index (χ1v) is 10.1. The molecular weight excluding hydrogens is 404 g/mol. The van der Waals surface area contributed by atoms with Gasteiger partial charge in [0.1, 0.15) is 5.75 Å². The molecule has 1 fully saturated rings. The van der Waals surface area contributed by atoms with Crippen LogP contribution in [-0.2, 0) is 9.59 Å². The van der Waals surface area contributed by atoms with Gasteiger partial charge in [0.25, 0.3) is 5.91 Å². The van der Waals surface area contributed by atoms with Crippen LogP contribution in [0, 0.1) is 6.92 Å². The van der Waals surface area contributed by atoms with Gasteiger partial charge in [-0.25, -0.2) is 0 Å². The van der Waals surface area contributed by atoms with E-state index in [1.165, 1.54) is 4.90 Å². The Balaban J connectivity index is 2.16. The number of hydrogen-bond acceptors (Lipinski definition) is 4. The molecule has 3 rings (SSSR count). The first kappa shape index (κ1) is 21.9. The van der Waals surface area contributed by atoms with Gasteiger partial charge >= 0.3 is 0 Å². The van der Waals surface area contributed by atoms with Crippen molar-refractivity contribution in [1.29, 1.82) is 0 Å². The number of hydrogen-bond donors (Lipinski definition) is 1. The van der Waals surface area contributed by atoms with Crippen molar-refractivity contribution >= 4 is 29.1 Å². The van der Waals surface area contributed by atoms with Gasteiger partial charge in [-0.15, -0.1) is 0 Å². The fourth-order valence-electron chi connectivity index (χ4n) is 3.60. The molecule has 2 aromatic carbocycles. The zero-order valence-electron chi connectivity index (χ0n) is 17.5. The van der Waals surface area contributed by atoms with E-state index >= 15 is 0 Å². The number of aryl methyl sites for hydroxylation is 1. The summed E-state index contributed by atoms with van der Waals surface area (Å²) in [6.45, 7) is 2.78. The molecule has 1 heterocycles. The molecule has 1 N–H and O–H groups in total. The highest BCUT2D eigenvalue weighted by Crippen LogP contribution is 2.39. The van der Waals surface area contributed by atoms with Crippen molar-refractivity contribution in [2.75, 3.05) is 34.3 Å². The number of ether oxygens (including phenoxy) is 1. The van der Waals surface area contributed by atoms with E-state index in [0.29, 0.717) is 40.6 Å². The molecule has 0 saturated carbocycles. The molecule has 1 aliphatic rings. The lowest BCUT2D eigenvalue weighted by molar-refractivity contribution is -0.857. The minimum absolute atomic E-state index is 0.0238. The molecule has 6 nitrogen and oxygen atoms in total. The second-order valence-electron chi connectivity index (χ2n) is 7.66. The number of likely N-dealkylation sites (N-methyl/N-ethyl adjacent to an activating group) is 1. The molecule has 0 radical (unpaired) electrons. The second-order valence-corrected chi connectivity index (χ2v) is 8.10. The van der Waals surface area contributed by atoms with Crippen LogP contribution in [0.3, 0.4) is 0 Å². The second kappa shape index (κ2) is 8.90. The number of rotatable bonds is 6. The Morgan fingerprint density at radius 1 is 1.17 bits per heavy atom. The fourth-order valence-corrected chi connectivity index (χ4v) is 3.73. The summed E-state index contributed by atoms with van der Waals surface area (Å²) in [7, 11) is 5.48.